The van der Waals surface area contributed by atoms with E-state index in [-0.39, 0.29) is 6.04 Å². The van der Waals surface area contributed by atoms with E-state index in [9.17, 15) is 0 Å². The molecule has 0 saturated carbocycles. The molecule has 4 heteroatoms. The van der Waals surface area contributed by atoms with Gasteiger partial charge in [-0.1, -0.05) is 36.7 Å². The van der Waals surface area contributed by atoms with E-state index in [4.69, 9.17) is 17.3 Å². The first kappa shape index (κ1) is 14.6. The summed E-state index contributed by atoms with van der Waals surface area (Å²) in [7, 11) is 0. The number of para-hydroxylation sites is 1. The zero-order valence-electron chi connectivity index (χ0n) is 12.1. The predicted octanol–water partition coefficient (Wildman–Crippen LogP) is 4.68. The molecule has 0 saturated heterocycles. The highest BCUT2D eigenvalue weighted by Gasteiger charge is 2.10. The number of halogens is 1. The molecule has 0 spiro atoms. The number of nitrogens with zero attached hydrogens (tertiary/aromatic N) is 1. The summed E-state index contributed by atoms with van der Waals surface area (Å²) in [5, 5.41) is 1.28. The number of hydrogen-bond donors (Lipinski definition) is 1. The van der Waals surface area contributed by atoms with Crippen LogP contribution in [0, 0.1) is 0 Å². The highest BCUT2D eigenvalue weighted by Crippen LogP contribution is 2.26. The second-order valence-electron chi connectivity index (χ2n) is 5.38. The van der Waals surface area contributed by atoms with E-state index < -0.39 is 0 Å². The van der Waals surface area contributed by atoms with Gasteiger partial charge >= 0.3 is 0 Å². The molecule has 0 fully saturated rings. The highest BCUT2D eigenvalue weighted by molar-refractivity contribution is 7.16. The lowest BCUT2D eigenvalue weighted by Gasteiger charge is -2.12. The highest BCUT2D eigenvalue weighted by atomic mass is 35.5. The molecule has 1 atom stereocenters. The van der Waals surface area contributed by atoms with Gasteiger partial charge in [0.05, 0.1) is 16.4 Å². The molecule has 3 rings (SSSR count). The molecule has 0 radical (unpaired) electrons. The molecule has 1 aromatic carbocycles. The summed E-state index contributed by atoms with van der Waals surface area (Å²) in [5.74, 6) is 0. The van der Waals surface area contributed by atoms with Gasteiger partial charge < -0.3 is 10.3 Å². The monoisotopic (exact) mass is 318 g/mol. The Labute approximate surface area is 134 Å². The van der Waals surface area contributed by atoms with Gasteiger partial charge in [0.15, 0.2) is 0 Å². The van der Waals surface area contributed by atoms with Crippen molar-refractivity contribution in [2.24, 2.45) is 5.73 Å². The molecule has 0 amide bonds. The average Bonchev–Trinajstić information content (AvgIpc) is 3.07. The van der Waals surface area contributed by atoms with Crippen LogP contribution in [0.5, 0.6) is 0 Å². The van der Waals surface area contributed by atoms with E-state index in [1.807, 2.05) is 6.07 Å². The van der Waals surface area contributed by atoms with E-state index in [0.717, 1.165) is 23.7 Å². The molecule has 1 unspecified atom stereocenters. The number of thiophene rings is 1. The van der Waals surface area contributed by atoms with E-state index >= 15 is 0 Å². The molecule has 2 aromatic heterocycles. The van der Waals surface area contributed by atoms with Crippen LogP contribution in [-0.2, 0) is 13.0 Å². The number of aromatic nitrogens is 1. The van der Waals surface area contributed by atoms with E-state index in [1.165, 1.54) is 21.3 Å². The Morgan fingerprint density at radius 3 is 2.81 bits per heavy atom. The Morgan fingerprint density at radius 1 is 1.24 bits per heavy atom. The third kappa shape index (κ3) is 3.15. The third-order valence-corrected chi connectivity index (χ3v) is 5.05. The van der Waals surface area contributed by atoms with Gasteiger partial charge in [-0.25, -0.2) is 0 Å². The van der Waals surface area contributed by atoms with Gasteiger partial charge in [-0.2, -0.15) is 0 Å². The van der Waals surface area contributed by atoms with Crippen molar-refractivity contribution in [3.8, 4) is 0 Å². The number of benzene rings is 1. The van der Waals surface area contributed by atoms with E-state index in [1.54, 1.807) is 11.3 Å². The normalized spacial score (nSPS) is 12.9. The van der Waals surface area contributed by atoms with Crippen LogP contribution >= 0.6 is 22.9 Å². The number of fused-ring (bicyclic) bond motifs is 1. The van der Waals surface area contributed by atoms with Crippen LogP contribution in [0.25, 0.3) is 10.9 Å². The van der Waals surface area contributed by atoms with Crippen LogP contribution in [0.2, 0.25) is 4.34 Å². The Kier molecular flexibility index (Phi) is 4.34. The van der Waals surface area contributed by atoms with Crippen LogP contribution in [0.4, 0.5) is 0 Å². The Bertz CT molecular complexity index is 744. The molecule has 110 valence electrons. The van der Waals surface area contributed by atoms with Gasteiger partial charge in [-0.3, -0.25) is 0 Å². The Hall–Kier alpha value is -1.29. The fraction of sp³-hybridized carbons (Fsp3) is 0.294. The molecule has 0 aliphatic rings. The van der Waals surface area contributed by atoms with Gasteiger partial charge in [0.2, 0.25) is 0 Å². The molecule has 2 heterocycles. The van der Waals surface area contributed by atoms with Gasteiger partial charge in [-0.05, 0) is 42.0 Å². The van der Waals surface area contributed by atoms with Crippen LogP contribution in [0.3, 0.4) is 0 Å². The summed E-state index contributed by atoms with van der Waals surface area (Å²) in [6, 6.07) is 12.9. The topological polar surface area (TPSA) is 30.9 Å². The first-order valence-corrected chi connectivity index (χ1v) is 8.43. The first-order chi connectivity index (χ1) is 10.2. The summed E-state index contributed by atoms with van der Waals surface area (Å²) in [5.41, 5.74) is 8.77. The lowest BCUT2D eigenvalue weighted by molar-refractivity contribution is 0.646. The maximum atomic E-state index is 6.15. The average molecular weight is 319 g/mol. The van der Waals surface area contributed by atoms with Crippen LogP contribution in [-0.4, -0.2) is 10.6 Å². The largest absolute Gasteiger partial charge is 0.342 e. The first-order valence-electron chi connectivity index (χ1n) is 7.24. The fourth-order valence-electron chi connectivity index (χ4n) is 2.67. The maximum Gasteiger partial charge on any atom is 0.0931 e. The van der Waals surface area contributed by atoms with Crippen molar-refractivity contribution in [3.05, 3.63) is 57.4 Å². The molecule has 2 nitrogen and oxygen atoms in total. The quantitative estimate of drug-likeness (QED) is 0.727. The molecule has 0 aliphatic carbocycles. The minimum atomic E-state index is 0.218. The van der Waals surface area contributed by atoms with Crippen molar-refractivity contribution >= 4 is 33.8 Å². The molecular weight excluding hydrogens is 300 g/mol. The number of hydrogen-bond acceptors (Lipinski definition) is 2. The van der Waals surface area contributed by atoms with Gasteiger partial charge in [-0.15, -0.1) is 11.3 Å². The van der Waals surface area contributed by atoms with Crippen LogP contribution in [0.15, 0.2) is 42.6 Å². The summed E-state index contributed by atoms with van der Waals surface area (Å²) in [6.45, 7) is 3.00. The smallest absolute Gasteiger partial charge is 0.0931 e. The van der Waals surface area contributed by atoms with Crippen molar-refractivity contribution in [1.29, 1.82) is 0 Å². The molecule has 3 aromatic rings. The Balaban J connectivity index is 1.98. The Morgan fingerprint density at radius 2 is 2.10 bits per heavy atom. The summed E-state index contributed by atoms with van der Waals surface area (Å²) in [6.07, 6.45) is 4.07. The van der Waals surface area contributed by atoms with Gasteiger partial charge in [0.25, 0.3) is 0 Å². The second-order valence-corrected chi connectivity index (χ2v) is 7.18. The fourth-order valence-corrected chi connectivity index (χ4v) is 3.76. The summed E-state index contributed by atoms with van der Waals surface area (Å²) in [4.78, 5) is 1.27. The minimum absolute atomic E-state index is 0.218. The van der Waals surface area contributed by atoms with E-state index in [0.29, 0.717) is 0 Å². The van der Waals surface area contributed by atoms with E-state index in [2.05, 4.69) is 48.0 Å². The van der Waals surface area contributed by atoms with Crippen LogP contribution in [0.1, 0.15) is 23.8 Å². The molecular formula is C17H19ClN2S. The van der Waals surface area contributed by atoms with Crippen molar-refractivity contribution in [2.75, 3.05) is 0 Å². The zero-order valence-corrected chi connectivity index (χ0v) is 13.6. The predicted molar refractivity (Wildman–Crippen MR) is 92.3 cm³/mol. The molecule has 0 aliphatic heterocycles. The lowest BCUT2D eigenvalue weighted by Crippen LogP contribution is -2.21. The molecule has 2 N–H and O–H groups in total. The molecule has 0 bridgehead atoms. The van der Waals surface area contributed by atoms with Crippen molar-refractivity contribution < 1.29 is 0 Å². The SMILES string of the molecule is CCC(N)Cc1cccc2ccn(Cc3ccc(Cl)s3)c12. The minimum Gasteiger partial charge on any atom is -0.342 e. The van der Waals surface area contributed by atoms with Gasteiger partial charge in [0.1, 0.15) is 0 Å². The molecule has 21 heavy (non-hydrogen) atoms. The standard InChI is InChI=1S/C17H19ClN2S/c1-2-14(19)10-13-5-3-4-12-8-9-20(17(12)13)11-15-6-7-16(18)21-15/h3-9,14H,2,10-11,19H2,1H3. The van der Waals surface area contributed by atoms with Crippen molar-refractivity contribution in [2.45, 2.75) is 32.4 Å². The maximum absolute atomic E-state index is 6.15. The zero-order chi connectivity index (χ0) is 14.8. The van der Waals surface area contributed by atoms with Crippen molar-refractivity contribution in [3.63, 3.8) is 0 Å². The second kappa shape index (κ2) is 6.22. The van der Waals surface area contributed by atoms with Crippen molar-refractivity contribution in [1.82, 2.24) is 4.57 Å². The summed E-state index contributed by atoms with van der Waals surface area (Å²) >= 11 is 7.67. The summed E-state index contributed by atoms with van der Waals surface area (Å²) < 4.78 is 3.14. The lowest BCUT2D eigenvalue weighted by atomic mass is 10.0. The van der Waals surface area contributed by atoms with Crippen LogP contribution < -0.4 is 5.73 Å². The number of rotatable bonds is 5. The number of nitrogens with two attached hydrogens (primary N) is 1. The van der Waals surface area contributed by atoms with Gasteiger partial charge in [0, 0.05) is 17.1 Å². The third-order valence-electron chi connectivity index (χ3n) is 3.83.